The van der Waals surface area contributed by atoms with Crippen molar-refractivity contribution in [1.29, 1.82) is 0 Å². The summed E-state index contributed by atoms with van der Waals surface area (Å²) in [4.78, 5) is 11.7. The summed E-state index contributed by atoms with van der Waals surface area (Å²) in [7, 11) is 1.65. The molecule has 2 aromatic rings. The molecular weight excluding hydrogens is 324 g/mol. The zero-order valence-corrected chi connectivity index (χ0v) is 15.2. The van der Waals surface area contributed by atoms with Crippen molar-refractivity contribution in [1.82, 2.24) is 20.1 Å². The molecule has 0 atom stereocenters. The van der Waals surface area contributed by atoms with Crippen molar-refractivity contribution in [3.05, 3.63) is 24.3 Å². The van der Waals surface area contributed by atoms with E-state index in [0.29, 0.717) is 12.3 Å². The van der Waals surface area contributed by atoms with Gasteiger partial charge < -0.3 is 14.6 Å². The van der Waals surface area contributed by atoms with Gasteiger partial charge in [0.05, 0.1) is 12.9 Å². The molecule has 0 aliphatic heterocycles. The van der Waals surface area contributed by atoms with Crippen LogP contribution in [0.4, 0.5) is 0 Å². The summed E-state index contributed by atoms with van der Waals surface area (Å²) in [5, 5.41) is 12.2. The number of nitrogens with zero attached hydrogens (tertiary/aromatic N) is 3. The highest BCUT2D eigenvalue weighted by Crippen LogP contribution is 2.26. The van der Waals surface area contributed by atoms with Crippen LogP contribution in [0, 0.1) is 0 Å². The smallest absolute Gasteiger partial charge is 0.230 e. The molecule has 1 aromatic heterocycles. The number of carbonyl (C=O) groups is 1. The van der Waals surface area contributed by atoms with E-state index in [9.17, 15) is 4.79 Å². The number of thioether (sulfide) groups is 1. The molecule has 1 N–H and O–H groups in total. The molecule has 0 unspecified atom stereocenters. The lowest BCUT2D eigenvalue weighted by atomic mass is 10.2. The number of amides is 1. The number of ether oxygens (including phenoxy) is 1. The van der Waals surface area contributed by atoms with E-state index in [2.05, 4.69) is 27.0 Å². The second kappa shape index (κ2) is 9.32. The second-order valence-corrected chi connectivity index (χ2v) is 6.22. The molecule has 0 saturated carbocycles. The normalized spacial score (nSPS) is 10.6. The van der Waals surface area contributed by atoms with Gasteiger partial charge in [0.2, 0.25) is 5.91 Å². The summed E-state index contributed by atoms with van der Waals surface area (Å²) in [5.41, 5.74) is 0.990. The standard InChI is InChI=1S/C17H24N4O2S/c1-4-6-11-21-16(13-7-9-14(23-3)10-8-13)19-20-17(21)24-12-15(22)18-5-2/h7-10H,4-6,11-12H2,1-3H3,(H,18,22). The minimum absolute atomic E-state index is 0.0125. The topological polar surface area (TPSA) is 69.0 Å². The molecule has 0 radical (unpaired) electrons. The first kappa shape index (κ1) is 18.3. The van der Waals surface area contributed by atoms with E-state index >= 15 is 0 Å². The van der Waals surface area contributed by atoms with Crippen LogP contribution >= 0.6 is 11.8 Å². The lowest BCUT2D eigenvalue weighted by Crippen LogP contribution is -2.24. The Labute approximate surface area is 147 Å². The highest BCUT2D eigenvalue weighted by atomic mass is 32.2. The largest absolute Gasteiger partial charge is 0.497 e. The third-order valence-corrected chi connectivity index (χ3v) is 4.47. The molecule has 0 fully saturated rings. The minimum Gasteiger partial charge on any atom is -0.497 e. The fourth-order valence-electron chi connectivity index (χ4n) is 2.25. The van der Waals surface area contributed by atoms with Crippen LogP contribution in [0.2, 0.25) is 0 Å². The molecule has 0 spiro atoms. The van der Waals surface area contributed by atoms with Gasteiger partial charge in [-0.25, -0.2) is 0 Å². The number of benzene rings is 1. The Hall–Kier alpha value is -2.02. The van der Waals surface area contributed by atoms with Gasteiger partial charge in [-0.2, -0.15) is 0 Å². The van der Waals surface area contributed by atoms with Crippen molar-refractivity contribution in [2.24, 2.45) is 0 Å². The number of aromatic nitrogens is 3. The van der Waals surface area contributed by atoms with E-state index in [-0.39, 0.29) is 5.91 Å². The van der Waals surface area contributed by atoms with Crippen LogP contribution in [-0.2, 0) is 11.3 Å². The number of methoxy groups -OCH3 is 1. The van der Waals surface area contributed by atoms with Crippen molar-refractivity contribution in [3.8, 4) is 17.1 Å². The van der Waals surface area contributed by atoms with Crippen LogP contribution in [0.5, 0.6) is 5.75 Å². The van der Waals surface area contributed by atoms with Crippen molar-refractivity contribution in [2.45, 2.75) is 38.4 Å². The summed E-state index contributed by atoms with van der Waals surface area (Å²) in [6.07, 6.45) is 2.12. The first-order chi connectivity index (χ1) is 11.7. The zero-order chi connectivity index (χ0) is 17.4. The maximum absolute atomic E-state index is 11.7. The number of hydrogen-bond acceptors (Lipinski definition) is 5. The van der Waals surface area contributed by atoms with Gasteiger partial charge in [0.1, 0.15) is 5.75 Å². The zero-order valence-electron chi connectivity index (χ0n) is 14.4. The molecule has 24 heavy (non-hydrogen) atoms. The average Bonchev–Trinajstić information content (AvgIpc) is 3.01. The van der Waals surface area contributed by atoms with Crippen molar-refractivity contribution >= 4 is 17.7 Å². The molecule has 6 nitrogen and oxygen atoms in total. The van der Waals surface area contributed by atoms with Gasteiger partial charge in [-0.3, -0.25) is 4.79 Å². The SMILES string of the molecule is CCCCn1c(SCC(=O)NCC)nnc1-c1ccc(OC)cc1. The number of hydrogen-bond donors (Lipinski definition) is 1. The molecule has 0 aliphatic rings. The third-order valence-electron chi connectivity index (χ3n) is 3.51. The summed E-state index contributed by atoms with van der Waals surface area (Å²) in [5.74, 6) is 1.99. The number of nitrogens with one attached hydrogen (secondary N) is 1. The van der Waals surface area contributed by atoms with Crippen LogP contribution in [-0.4, -0.2) is 40.1 Å². The van der Waals surface area contributed by atoms with E-state index in [1.807, 2.05) is 31.2 Å². The molecule has 1 amide bonds. The Balaban J connectivity index is 2.21. The number of rotatable bonds is 9. The van der Waals surface area contributed by atoms with Crippen LogP contribution < -0.4 is 10.1 Å². The van der Waals surface area contributed by atoms with Crippen LogP contribution in [0.25, 0.3) is 11.4 Å². The van der Waals surface area contributed by atoms with Crippen LogP contribution in [0.1, 0.15) is 26.7 Å². The van der Waals surface area contributed by atoms with Gasteiger partial charge in [-0.05, 0) is 37.6 Å². The van der Waals surface area contributed by atoms with Crippen molar-refractivity contribution in [2.75, 3.05) is 19.4 Å². The van der Waals surface area contributed by atoms with Crippen LogP contribution in [0.3, 0.4) is 0 Å². The second-order valence-electron chi connectivity index (χ2n) is 5.28. The lowest BCUT2D eigenvalue weighted by Gasteiger charge is -2.10. The molecule has 1 aromatic carbocycles. The highest BCUT2D eigenvalue weighted by molar-refractivity contribution is 7.99. The first-order valence-corrected chi connectivity index (χ1v) is 9.15. The minimum atomic E-state index is 0.0125. The molecule has 130 valence electrons. The van der Waals surface area contributed by atoms with E-state index in [1.165, 1.54) is 11.8 Å². The molecule has 1 heterocycles. The van der Waals surface area contributed by atoms with Gasteiger partial charge >= 0.3 is 0 Å². The van der Waals surface area contributed by atoms with Gasteiger partial charge in [-0.1, -0.05) is 25.1 Å². The predicted octanol–water partition coefficient (Wildman–Crippen LogP) is 2.98. The van der Waals surface area contributed by atoms with Gasteiger partial charge in [-0.15, -0.1) is 10.2 Å². The van der Waals surface area contributed by atoms with E-state index < -0.39 is 0 Å². The van der Waals surface area contributed by atoms with Gasteiger partial charge in [0.25, 0.3) is 0 Å². The fraction of sp³-hybridized carbons (Fsp3) is 0.471. The summed E-state index contributed by atoms with van der Waals surface area (Å²) in [6, 6.07) is 7.78. The maximum Gasteiger partial charge on any atom is 0.230 e. The fourth-order valence-corrected chi connectivity index (χ4v) is 3.04. The molecule has 7 heteroatoms. The number of carbonyl (C=O) groups excluding carboxylic acids is 1. The van der Waals surface area contributed by atoms with Gasteiger partial charge in [0, 0.05) is 18.7 Å². The third kappa shape index (κ3) is 4.74. The first-order valence-electron chi connectivity index (χ1n) is 8.16. The molecular formula is C17H24N4O2S. The summed E-state index contributed by atoms with van der Waals surface area (Å²) >= 11 is 1.42. The van der Waals surface area contributed by atoms with Crippen molar-refractivity contribution < 1.29 is 9.53 Å². The Morgan fingerprint density at radius 3 is 2.62 bits per heavy atom. The molecule has 0 bridgehead atoms. The average molecular weight is 348 g/mol. The Morgan fingerprint density at radius 1 is 1.25 bits per heavy atom. The lowest BCUT2D eigenvalue weighted by molar-refractivity contribution is -0.118. The molecule has 2 rings (SSSR count). The molecule has 0 aliphatic carbocycles. The van der Waals surface area contributed by atoms with Crippen LogP contribution in [0.15, 0.2) is 29.4 Å². The molecule has 0 saturated heterocycles. The maximum atomic E-state index is 11.7. The monoisotopic (exact) mass is 348 g/mol. The van der Waals surface area contributed by atoms with E-state index in [4.69, 9.17) is 4.74 Å². The quantitative estimate of drug-likeness (QED) is 0.706. The highest BCUT2D eigenvalue weighted by Gasteiger charge is 2.15. The number of unbranched alkanes of at least 4 members (excludes halogenated alkanes) is 1. The Kier molecular flexibility index (Phi) is 7.11. The van der Waals surface area contributed by atoms with E-state index in [1.54, 1.807) is 7.11 Å². The van der Waals surface area contributed by atoms with Gasteiger partial charge in [0.15, 0.2) is 11.0 Å². The predicted molar refractivity (Wildman–Crippen MR) is 96.3 cm³/mol. The van der Waals surface area contributed by atoms with E-state index in [0.717, 1.165) is 41.7 Å². The summed E-state index contributed by atoms with van der Waals surface area (Å²) < 4.78 is 7.29. The Bertz CT molecular complexity index is 655. The Morgan fingerprint density at radius 2 is 2.00 bits per heavy atom. The summed E-state index contributed by atoms with van der Waals surface area (Å²) in [6.45, 7) is 5.54. The van der Waals surface area contributed by atoms with Crippen molar-refractivity contribution in [3.63, 3.8) is 0 Å².